The van der Waals surface area contributed by atoms with E-state index in [2.05, 4.69) is 21.3 Å². The number of nitrogens with zero attached hydrogens (tertiary/aromatic N) is 2. The molecule has 1 aromatic heterocycles. The fraction of sp³-hybridized carbons (Fsp3) is 0.292. The second-order valence-corrected chi connectivity index (χ2v) is 7.73. The van der Waals surface area contributed by atoms with Crippen LogP contribution in [-0.4, -0.2) is 47.0 Å². The minimum atomic E-state index is -0.681. The molecule has 1 aliphatic rings. The Hall–Kier alpha value is -3.81. The van der Waals surface area contributed by atoms with Crippen molar-refractivity contribution in [2.45, 2.75) is 32.0 Å². The van der Waals surface area contributed by atoms with E-state index in [9.17, 15) is 14.4 Å². The van der Waals surface area contributed by atoms with E-state index in [0.29, 0.717) is 18.8 Å². The third-order valence-electron chi connectivity index (χ3n) is 5.62. The first-order chi connectivity index (χ1) is 15.5. The Kier molecular flexibility index (Phi) is 6.39. The number of benzene rings is 2. The average molecular weight is 434 g/mol. The number of carbonyl (C=O) groups excluding carboxylic acids is 3. The van der Waals surface area contributed by atoms with Gasteiger partial charge in [-0.1, -0.05) is 30.3 Å². The second-order valence-electron chi connectivity index (χ2n) is 7.73. The zero-order chi connectivity index (χ0) is 22.5. The Morgan fingerprint density at radius 1 is 1.09 bits per heavy atom. The van der Waals surface area contributed by atoms with Gasteiger partial charge in [0.1, 0.15) is 11.8 Å². The van der Waals surface area contributed by atoms with Crippen molar-refractivity contribution in [3.8, 4) is 5.75 Å². The van der Waals surface area contributed by atoms with Gasteiger partial charge in [-0.25, -0.2) is 4.79 Å². The molecule has 8 nitrogen and oxygen atoms in total. The predicted octanol–water partition coefficient (Wildman–Crippen LogP) is 2.67. The van der Waals surface area contributed by atoms with Crippen LogP contribution in [0.15, 0.2) is 60.8 Å². The molecule has 2 aromatic carbocycles. The lowest BCUT2D eigenvalue weighted by Crippen LogP contribution is -2.33. The second kappa shape index (κ2) is 9.55. The van der Waals surface area contributed by atoms with Crippen LogP contribution in [0.3, 0.4) is 0 Å². The molecule has 0 saturated carbocycles. The molecule has 0 bridgehead atoms. The highest BCUT2D eigenvalue weighted by atomic mass is 16.5. The SMILES string of the molecule is COc1ccc(CN2C(=O)N[C@@H](CCC(=O)NCCn3ccc4ccccc43)C2=O)cc1. The van der Waals surface area contributed by atoms with Crippen LogP contribution in [0.25, 0.3) is 10.9 Å². The summed E-state index contributed by atoms with van der Waals surface area (Å²) in [6, 6.07) is 16.2. The monoisotopic (exact) mass is 434 g/mol. The van der Waals surface area contributed by atoms with E-state index in [-0.39, 0.29) is 31.2 Å². The summed E-state index contributed by atoms with van der Waals surface area (Å²) in [5.74, 6) is 0.259. The van der Waals surface area contributed by atoms with Gasteiger partial charge in [-0.05, 0) is 41.6 Å². The highest BCUT2D eigenvalue weighted by Crippen LogP contribution is 2.18. The number of hydrogen-bond donors (Lipinski definition) is 2. The van der Waals surface area contributed by atoms with Gasteiger partial charge in [-0.3, -0.25) is 14.5 Å². The molecule has 1 saturated heterocycles. The van der Waals surface area contributed by atoms with E-state index >= 15 is 0 Å². The molecule has 166 valence electrons. The van der Waals surface area contributed by atoms with Gasteiger partial charge in [-0.15, -0.1) is 0 Å². The molecule has 0 aliphatic carbocycles. The lowest BCUT2D eigenvalue weighted by atomic mass is 10.1. The summed E-state index contributed by atoms with van der Waals surface area (Å²) in [6.07, 6.45) is 2.43. The molecule has 4 amide bonds. The van der Waals surface area contributed by atoms with Crippen molar-refractivity contribution in [2.24, 2.45) is 0 Å². The van der Waals surface area contributed by atoms with Crippen LogP contribution in [0.5, 0.6) is 5.75 Å². The number of hydrogen-bond acceptors (Lipinski definition) is 4. The van der Waals surface area contributed by atoms with E-state index in [4.69, 9.17) is 4.74 Å². The molecule has 8 heteroatoms. The van der Waals surface area contributed by atoms with Crippen molar-refractivity contribution >= 4 is 28.7 Å². The number of urea groups is 1. The minimum Gasteiger partial charge on any atom is -0.497 e. The highest BCUT2D eigenvalue weighted by Gasteiger charge is 2.37. The van der Waals surface area contributed by atoms with Gasteiger partial charge in [-0.2, -0.15) is 0 Å². The van der Waals surface area contributed by atoms with Gasteiger partial charge in [0.2, 0.25) is 5.91 Å². The fourth-order valence-electron chi connectivity index (χ4n) is 3.85. The van der Waals surface area contributed by atoms with E-state index < -0.39 is 12.1 Å². The summed E-state index contributed by atoms with van der Waals surface area (Å²) in [6.45, 7) is 1.34. The number of fused-ring (bicyclic) bond motifs is 1. The maximum Gasteiger partial charge on any atom is 0.325 e. The highest BCUT2D eigenvalue weighted by molar-refractivity contribution is 6.04. The molecule has 0 spiro atoms. The zero-order valence-corrected chi connectivity index (χ0v) is 17.9. The average Bonchev–Trinajstić information content (AvgIpc) is 3.34. The Morgan fingerprint density at radius 3 is 2.66 bits per heavy atom. The molecule has 0 unspecified atom stereocenters. The third kappa shape index (κ3) is 4.74. The summed E-state index contributed by atoms with van der Waals surface area (Å²) >= 11 is 0. The Bertz CT molecular complexity index is 1120. The van der Waals surface area contributed by atoms with Crippen LogP contribution in [0.4, 0.5) is 4.79 Å². The van der Waals surface area contributed by atoms with Crippen LogP contribution in [0, 0.1) is 0 Å². The Balaban J connectivity index is 1.23. The summed E-state index contributed by atoms with van der Waals surface area (Å²) in [4.78, 5) is 38.3. The summed E-state index contributed by atoms with van der Waals surface area (Å²) < 4.78 is 7.21. The number of imide groups is 1. The lowest BCUT2D eigenvalue weighted by Gasteiger charge is -2.13. The van der Waals surface area contributed by atoms with Gasteiger partial charge in [0.15, 0.2) is 0 Å². The number of ether oxygens (including phenoxy) is 1. The number of methoxy groups -OCH3 is 1. The van der Waals surface area contributed by atoms with Gasteiger partial charge in [0, 0.05) is 31.2 Å². The quantitative estimate of drug-likeness (QED) is 0.507. The van der Waals surface area contributed by atoms with Crippen molar-refractivity contribution in [2.75, 3.05) is 13.7 Å². The molecule has 2 heterocycles. The smallest absolute Gasteiger partial charge is 0.325 e. The van der Waals surface area contributed by atoms with Crippen LogP contribution in [0.1, 0.15) is 18.4 Å². The molecule has 1 fully saturated rings. The number of aromatic nitrogens is 1. The van der Waals surface area contributed by atoms with Gasteiger partial charge >= 0.3 is 6.03 Å². The first-order valence-electron chi connectivity index (χ1n) is 10.6. The molecular formula is C24H26N4O4. The summed E-state index contributed by atoms with van der Waals surface area (Å²) in [5, 5.41) is 6.73. The molecule has 1 aliphatic heterocycles. The largest absolute Gasteiger partial charge is 0.497 e. The van der Waals surface area contributed by atoms with E-state index in [1.807, 2.05) is 42.6 Å². The standard InChI is InChI=1S/C24H26N4O4/c1-32-19-8-6-17(7-9-19)16-28-23(30)20(26-24(28)31)10-11-22(29)25-13-15-27-14-12-18-4-2-3-5-21(18)27/h2-9,12,14,20H,10-11,13,15-16H2,1H3,(H,25,29)(H,26,31)/t20-/m0/s1. The topological polar surface area (TPSA) is 92.7 Å². The first-order valence-corrected chi connectivity index (χ1v) is 10.6. The molecule has 4 rings (SSSR count). The molecule has 32 heavy (non-hydrogen) atoms. The predicted molar refractivity (Wildman–Crippen MR) is 120 cm³/mol. The Labute approximate surface area is 186 Å². The fourth-order valence-corrected chi connectivity index (χ4v) is 3.85. The van der Waals surface area contributed by atoms with Crippen molar-refractivity contribution in [3.63, 3.8) is 0 Å². The molecule has 1 atom stereocenters. The molecular weight excluding hydrogens is 408 g/mol. The number of rotatable bonds is 9. The van der Waals surface area contributed by atoms with E-state index in [1.54, 1.807) is 19.2 Å². The van der Waals surface area contributed by atoms with E-state index in [0.717, 1.165) is 16.5 Å². The maximum atomic E-state index is 12.6. The van der Waals surface area contributed by atoms with Crippen LogP contribution < -0.4 is 15.4 Å². The summed E-state index contributed by atoms with van der Waals surface area (Å²) in [7, 11) is 1.58. The van der Waals surface area contributed by atoms with Crippen molar-refractivity contribution in [3.05, 3.63) is 66.4 Å². The van der Waals surface area contributed by atoms with Crippen LogP contribution >= 0.6 is 0 Å². The van der Waals surface area contributed by atoms with Gasteiger partial charge in [0.25, 0.3) is 5.91 Å². The Morgan fingerprint density at radius 2 is 1.88 bits per heavy atom. The number of nitrogens with one attached hydrogen (secondary N) is 2. The minimum absolute atomic E-state index is 0.142. The molecule has 2 N–H and O–H groups in total. The number of carbonyl (C=O) groups is 3. The van der Waals surface area contributed by atoms with Crippen LogP contribution in [0.2, 0.25) is 0 Å². The third-order valence-corrected chi connectivity index (χ3v) is 5.62. The lowest BCUT2D eigenvalue weighted by molar-refractivity contribution is -0.128. The van der Waals surface area contributed by atoms with Crippen molar-refractivity contribution in [1.29, 1.82) is 0 Å². The van der Waals surface area contributed by atoms with Crippen molar-refractivity contribution < 1.29 is 19.1 Å². The van der Waals surface area contributed by atoms with Gasteiger partial charge < -0.3 is 19.9 Å². The zero-order valence-electron chi connectivity index (χ0n) is 17.9. The first kappa shape index (κ1) is 21.4. The van der Waals surface area contributed by atoms with Crippen molar-refractivity contribution in [1.82, 2.24) is 20.1 Å². The molecule has 0 radical (unpaired) electrons. The number of amides is 4. The number of para-hydroxylation sites is 1. The maximum absolute atomic E-state index is 12.6. The van der Waals surface area contributed by atoms with Crippen LogP contribution in [-0.2, 0) is 22.7 Å². The molecule has 3 aromatic rings. The summed E-state index contributed by atoms with van der Waals surface area (Å²) in [5.41, 5.74) is 1.95. The van der Waals surface area contributed by atoms with E-state index in [1.165, 1.54) is 4.90 Å². The van der Waals surface area contributed by atoms with Gasteiger partial charge in [0.05, 0.1) is 13.7 Å². The normalized spacial score (nSPS) is 15.8.